The molecule has 0 aliphatic rings. The van der Waals surface area contributed by atoms with Gasteiger partial charge in [-0.05, 0) is 28.1 Å². The predicted molar refractivity (Wildman–Crippen MR) is 54.0 cm³/mol. The molecule has 68 valence electrons. The third-order valence-electron chi connectivity index (χ3n) is 1.74. The molecule has 0 fully saturated rings. The van der Waals surface area contributed by atoms with Crippen LogP contribution in [-0.2, 0) is 0 Å². The molecule has 0 amide bonds. The Balaban J connectivity index is 2.50. The predicted octanol–water partition coefficient (Wildman–Crippen LogP) is 1.65. The van der Waals surface area contributed by atoms with Crippen LogP contribution in [0.4, 0.5) is 5.69 Å². The van der Waals surface area contributed by atoms with E-state index in [1.54, 1.807) is 16.9 Å². The van der Waals surface area contributed by atoms with Crippen molar-refractivity contribution >= 4 is 27.1 Å². The van der Waals surface area contributed by atoms with E-state index in [-0.39, 0.29) is 0 Å². The Labute approximate surface area is 83.4 Å². The molecule has 4 nitrogen and oxygen atoms in total. The lowest BCUT2D eigenvalue weighted by molar-refractivity contribution is 0.395. The minimum atomic E-state index is 0.468. The average Bonchev–Trinajstić information content (AvgIpc) is 2.48. The summed E-state index contributed by atoms with van der Waals surface area (Å²) in [5.41, 5.74) is 7.70. The van der Waals surface area contributed by atoms with Crippen LogP contribution < -0.4 is 10.5 Å². The monoisotopic (exact) mass is 241 g/mol. The first-order valence-corrected chi connectivity index (χ1v) is 4.85. The Bertz CT molecular complexity index is 426. The number of hydrogen-bond donors (Lipinski definition) is 1. The fourth-order valence-corrected chi connectivity index (χ4v) is 1.40. The molecule has 0 aromatic carbocycles. The summed E-state index contributed by atoms with van der Waals surface area (Å²) in [6.45, 7) is 0. The average molecular weight is 242 g/mol. The van der Waals surface area contributed by atoms with Crippen molar-refractivity contribution in [2.45, 2.75) is 0 Å². The lowest BCUT2D eigenvalue weighted by Crippen LogP contribution is -1.93. The fourth-order valence-electron chi connectivity index (χ4n) is 1.13. The third-order valence-corrected chi connectivity index (χ3v) is 1.97. The molecule has 2 N–H and O–H groups in total. The maximum atomic E-state index is 5.67. The summed E-state index contributed by atoms with van der Waals surface area (Å²) in [4.78, 5) is 0. The van der Waals surface area contributed by atoms with Gasteiger partial charge in [-0.15, -0.1) is 0 Å². The molecule has 0 unspecified atom stereocenters. The molecular formula is C8H8BrN3O. The maximum Gasteiger partial charge on any atom is 0.143 e. The van der Waals surface area contributed by atoms with E-state index in [0.717, 1.165) is 11.3 Å². The molecule has 2 rings (SSSR count). The van der Waals surface area contributed by atoms with Crippen LogP contribution in [0.25, 0.3) is 5.52 Å². The molecule has 0 saturated heterocycles. The van der Waals surface area contributed by atoms with Crippen LogP contribution in [0, 0.1) is 0 Å². The van der Waals surface area contributed by atoms with Gasteiger partial charge >= 0.3 is 0 Å². The standard InChI is InChI=1S/C8H8BrN3O/c9-5-13-6-1-2-8-7(10)3-11-12(8)4-6/h1-4H,5,10H2. The molecule has 0 aliphatic heterocycles. The van der Waals surface area contributed by atoms with Crippen LogP contribution in [0.15, 0.2) is 24.5 Å². The van der Waals surface area contributed by atoms with Gasteiger partial charge in [0.05, 0.1) is 23.6 Å². The molecule has 2 aromatic rings. The Morgan fingerprint density at radius 1 is 1.54 bits per heavy atom. The maximum absolute atomic E-state index is 5.67. The van der Waals surface area contributed by atoms with Crippen molar-refractivity contribution < 1.29 is 4.74 Å². The molecule has 0 bridgehead atoms. The zero-order valence-corrected chi connectivity index (χ0v) is 8.36. The molecule has 13 heavy (non-hydrogen) atoms. The number of hydrogen-bond acceptors (Lipinski definition) is 3. The highest BCUT2D eigenvalue weighted by molar-refractivity contribution is 9.09. The van der Waals surface area contributed by atoms with Crippen LogP contribution in [-0.4, -0.2) is 15.1 Å². The van der Waals surface area contributed by atoms with Gasteiger partial charge in [0.1, 0.15) is 11.3 Å². The largest absolute Gasteiger partial charge is 0.481 e. The number of aromatic nitrogens is 2. The van der Waals surface area contributed by atoms with E-state index in [2.05, 4.69) is 21.0 Å². The van der Waals surface area contributed by atoms with Gasteiger partial charge in [0, 0.05) is 0 Å². The summed E-state index contributed by atoms with van der Waals surface area (Å²) in [7, 11) is 0. The number of rotatable bonds is 2. The van der Waals surface area contributed by atoms with E-state index in [9.17, 15) is 0 Å². The number of halogens is 1. The fraction of sp³-hybridized carbons (Fsp3) is 0.125. The van der Waals surface area contributed by atoms with Crippen molar-refractivity contribution in [2.75, 3.05) is 11.2 Å². The minimum Gasteiger partial charge on any atom is -0.481 e. The molecule has 2 aromatic heterocycles. The van der Waals surface area contributed by atoms with Crippen LogP contribution in [0.1, 0.15) is 0 Å². The molecule has 5 heteroatoms. The molecule has 2 heterocycles. The summed E-state index contributed by atoms with van der Waals surface area (Å²) in [5.74, 6) is 0.757. The van der Waals surface area contributed by atoms with Crippen molar-refractivity contribution in [3.05, 3.63) is 24.5 Å². The summed E-state index contributed by atoms with van der Waals surface area (Å²) in [5, 5.41) is 4.06. The zero-order chi connectivity index (χ0) is 9.26. The van der Waals surface area contributed by atoms with Gasteiger partial charge in [0.2, 0.25) is 0 Å². The second kappa shape index (κ2) is 3.26. The highest BCUT2D eigenvalue weighted by Crippen LogP contribution is 2.17. The Morgan fingerprint density at radius 3 is 3.15 bits per heavy atom. The number of alkyl halides is 1. The van der Waals surface area contributed by atoms with E-state index in [1.807, 2.05) is 12.1 Å². The Hall–Kier alpha value is -1.23. The molecule has 0 spiro atoms. The van der Waals surface area contributed by atoms with Gasteiger partial charge in [-0.2, -0.15) is 5.10 Å². The van der Waals surface area contributed by atoms with Crippen molar-refractivity contribution in [2.24, 2.45) is 0 Å². The van der Waals surface area contributed by atoms with Gasteiger partial charge < -0.3 is 10.5 Å². The zero-order valence-electron chi connectivity index (χ0n) is 6.77. The SMILES string of the molecule is Nc1cnn2cc(OCBr)ccc12. The highest BCUT2D eigenvalue weighted by atomic mass is 79.9. The molecule has 0 atom stereocenters. The van der Waals surface area contributed by atoms with Crippen molar-refractivity contribution in [3.8, 4) is 5.75 Å². The summed E-state index contributed by atoms with van der Waals surface area (Å²) < 4.78 is 6.93. The number of anilines is 1. The van der Waals surface area contributed by atoms with Crippen LogP contribution in [0.2, 0.25) is 0 Å². The van der Waals surface area contributed by atoms with E-state index >= 15 is 0 Å². The number of pyridine rings is 1. The number of fused-ring (bicyclic) bond motifs is 1. The Morgan fingerprint density at radius 2 is 2.38 bits per heavy atom. The molecule has 0 radical (unpaired) electrons. The summed E-state index contributed by atoms with van der Waals surface area (Å²) in [6.07, 6.45) is 3.40. The first-order chi connectivity index (χ1) is 6.31. The third kappa shape index (κ3) is 1.47. The summed E-state index contributed by atoms with van der Waals surface area (Å²) >= 11 is 3.18. The van der Waals surface area contributed by atoms with E-state index in [4.69, 9.17) is 10.5 Å². The first-order valence-electron chi connectivity index (χ1n) is 3.73. The first kappa shape index (κ1) is 8.37. The molecular weight excluding hydrogens is 234 g/mol. The van der Waals surface area contributed by atoms with Crippen molar-refractivity contribution in [1.82, 2.24) is 9.61 Å². The van der Waals surface area contributed by atoms with E-state index in [0.29, 0.717) is 11.2 Å². The van der Waals surface area contributed by atoms with Crippen molar-refractivity contribution in [1.29, 1.82) is 0 Å². The normalized spacial score (nSPS) is 10.5. The summed E-state index contributed by atoms with van der Waals surface area (Å²) in [6, 6.07) is 3.73. The quantitative estimate of drug-likeness (QED) is 0.814. The number of nitrogen functional groups attached to an aromatic ring is 1. The van der Waals surface area contributed by atoms with Gasteiger partial charge in [-0.1, -0.05) is 0 Å². The van der Waals surface area contributed by atoms with Crippen LogP contribution >= 0.6 is 15.9 Å². The van der Waals surface area contributed by atoms with Crippen molar-refractivity contribution in [3.63, 3.8) is 0 Å². The smallest absolute Gasteiger partial charge is 0.143 e. The lowest BCUT2D eigenvalue weighted by atomic mass is 10.3. The van der Waals surface area contributed by atoms with Gasteiger partial charge in [-0.25, -0.2) is 4.52 Å². The molecule has 0 aliphatic carbocycles. The number of ether oxygens (including phenoxy) is 1. The van der Waals surface area contributed by atoms with E-state index in [1.165, 1.54) is 0 Å². The van der Waals surface area contributed by atoms with Gasteiger partial charge in [-0.3, -0.25) is 0 Å². The van der Waals surface area contributed by atoms with Gasteiger partial charge in [0.15, 0.2) is 0 Å². The molecule has 0 saturated carbocycles. The minimum absolute atomic E-state index is 0.468. The van der Waals surface area contributed by atoms with Crippen LogP contribution in [0.3, 0.4) is 0 Å². The topological polar surface area (TPSA) is 52.5 Å². The number of nitrogens with zero attached hydrogens (tertiary/aromatic N) is 2. The van der Waals surface area contributed by atoms with Gasteiger partial charge in [0.25, 0.3) is 0 Å². The van der Waals surface area contributed by atoms with E-state index < -0.39 is 0 Å². The number of nitrogens with two attached hydrogens (primary N) is 1. The lowest BCUT2D eigenvalue weighted by Gasteiger charge is -2.01. The Kier molecular flexibility index (Phi) is 2.10. The van der Waals surface area contributed by atoms with Crippen LogP contribution in [0.5, 0.6) is 5.75 Å². The highest BCUT2D eigenvalue weighted by Gasteiger charge is 2.00. The second-order valence-electron chi connectivity index (χ2n) is 2.55. The second-order valence-corrected chi connectivity index (χ2v) is 3.01.